The van der Waals surface area contributed by atoms with Crippen LogP contribution in [0.15, 0.2) is 18.2 Å². The number of aromatic amines is 1. The van der Waals surface area contributed by atoms with E-state index in [4.69, 9.17) is 11.6 Å². The number of fused-ring (bicyclic) bond motifs is 1. The SMILES string of the molecule is Cc1[nH]c(/C=C2\C(=O)Nc3ccc(Cl)cc32)c(C)c1C(=O)NC[C@@H](O)CN1C(=O)CN(C)C1=O. The number of anilines is 1. The number of urea groups is 1. The number of likely N-dealkylation sites (N-methyl/N-ethyl adjacent to an activating group) is 1. The van der Waals surface area contributed by atoms with Crippen LogP contribution in [0.25, 0.3) is 11.6 Å². The zero-order valence-electron chi connectivity index (χ0n) is 18.9. The highest BCUT2D eigenvalue weighted by atomic mass is 35.5. The van der Waals surface area contributed by atoms with E-state index < -0.39 is 23.9 Å². The van der Waals surface area contributed by atoms with Gasteiger partial charge in [0.25, 0.3) is 11.8 Å². The molecule has 0 saturated carbocycles. The van der Waals surface area contributed by atoms with Gasteiger partial charge in [0.2, 0.25) is 5.91 Å². The predicted octanol–water partition coefficient (Wildman–Crippen LogP) is 1.76. The lowest BCUT2D eigenvalue weighted by atomic mass is 10.0. The summed E-state index contributed by atoms with van der Waals surface area (Å²) in [4.78, 5) is 54.5. The number of imide groups is 1. The third kappa shape index (κ3) is 4.29. The summed E-state index contributed by atoms with van der Waals surface area (Å²) in [6.07, 6.45) is 0.556. The maximum Gasteiger partial charge on any atom is 0.327 e. The Morgan fingerprint density at radius 2 is 2.03 bits per heavy atom. The largest absolute Gasteiger partial charge is 0.389 e. The molecule has 11 heteroatoms. The van der Waals surface area contributed by atoms with Gasteiger partial charge in [-0.15, -0.1) is 0 Å². The minimum atomic E-state index is -1.12. The highest BCUT2D eigenvalue weighted by Crippen LogP contribution is 2.35. The summed E-state index contributed by atoms with van der Waals surface area (Å²) in [5.41, 5.74) is 3.97. The van der Waals surface area contributed by atoms with E-state index in [1.165, 1.54) is 11.9 Å². The van der Waals surface area contributed by atoms with Crippen molar-refractivity contribution in [3.05, 3.63) is 51.3 Å². The third-order valence-electron chi connectivity index (χ3n) is 5.88. The van der Waals surface area contributed by atoms with Crippen molar-refractivity contribution in [3.8, 4) is 0 Å². The average Bonchev–Trinajstić information content (AvgIpc) is 3.32. The van der Waals surface area contributed by atoms with Crippen molar-refractivity contribution in [3.63, 3.8) is 0 Å². The molecule has 4 N–H and O–H groups in total. The standard InChI is InChI=1S/C23H24ClN5O5/c1-11-18(7-16-15-6-13(24)4-5-17(15)27-21(16)32)26-12(2)20(11)22(33)25-8-14(30)9-29-19(31)10-28(3)23(29)34/h4-7,14,26,30H,8-10H2,1-3H3,(H,25,33)(H,27,32)/b16-7-/t14-/m1/s1. The molecule has 0 unspecified atom stereocenters. The maximum atomic E-state index is 12.9. The minimum Gasteiger partial charge on any atom is -0.389 e. The average molecular weight is 486 g/mol. The number of halogens is 1. The summed E-state index contributed by atoms with van der Waals surface area (Å²) in [5.74, 6) is -1.09. The molecule has 2 aromatic rings. The lowest BCUT2D eigenvalue weighted by Gasteiger charge is -2.18. The molecular weight excluding hydrogens is 462 g/mol. The maximum absolute atomic E-state index is 12.9. The first-order chi connectivity index (χ1) is 16.1. The van der Waals surface area contributed by atoms with E-state index in [1.54, 1.807) is 38.1 Å². The van der Waals surface area contributed by atoms with Crippen LogP contribution in [0.3, 0.4) is 0 Å². The normalized spacial score (nSPS) is 17.4. The lowest BCUT2D eigenvalue weighted by molar-refractivity contribution is -0.126. The molecule has 5 amide bonds. The fraction of sp³-hybridized carbons (Fsp3) is 0.304. The number of nitrogens with zero attached hydrogens (tertiary/aromatic N) is 2. The number of hydrogen-bond donors (Lipinski definition) is 4. The Morgan fingerprint density at radius 1 is 1.29 bits per heavy atom. The number of aromatic nitrogens is 1. The highest BCUT2D eigenvalue weighted by molar-refractivity contribution is 6.36. The van der Waals surface area contributed by atoms with Crippen LogP contribution in [0.4, 0.5) is 10.5 Å². The lowest BCUT2D eigenvalue weighted by Crippen LogP contribution is -2.43. The van der Waals surface area contributed by atoms with Crippen molar-refractivity contribution in [2.45, 2.75) is 20.0 Å². The zero-order valence-corrected chi connectivity index (χ0v) is 19.6. The molecule has 34 heavy (non-hydrogen) atoms. The van der Waals surface area contributed by atoms with Gasteiger partial charge in [-0.2, -0.15) is 0 Å². The van der Waals surface area contributed by atoms with Crippen LogP contribution in [-0.4, -0.2) is 76.4 Å². The first-order valence-electron chi connectivity index (χ1n) is 10.6. The molecule has 4 rings (SSSR count). The van der Waals surface area contributed by atoms with Crippen molar-refractivity contribution in [1.82, 2.24) is 20.1 Å². The van der Waals surface area contributed by atoms with Crippen LogP contribution in [0.1, 0.15) is 32.9 Å². The molecule has 2 aliphatic heterocycles. The van der Waals surface area contributed by atoms with Gasteiger partial charge in [0.05, 0.1) is 23.8 Å². The van der Waals surface area contributed by atoms with Crippen LogP contribution in [0.5, 0.6) is 0 Å². The Balaban J connectivity index is 1.48. The van der Waals surface area contributed by atoms with Gasteiger partial charge in [0.15, 0.2) is 0 Å². The molecule has 3 heterocycles. The molecule has 1 aromatic heterocycles. The molecule has 1 aromatic carbocycles. The number of carbonyl (C=O) groups excluding carboxylic acids is 4. The monoisotopic (exact) mass is 485 g/mol. The number of amides is 5. The molecule has 178 valence electrons. The van der Waals surface area contributed by atoms with Crippen molar-refractivity contribution in [2.24, 2.45) is 0 Å². The summed E-state index contributed by atoms with van der Waals surface area (Å²) in [5, 5.41) is 16.2. The number of rotatable bonds is 6. The highest BCUT2D eigenvalue weighted by Gasteiger charge is 2.34. The second-order valence-corrected chi connectivity index (χ2v) is 8.81. The van der Waals surface area contributed by atoms with Gasteiger partial charge < -0.3 is 25.6 Å². The van der Waals surface area contributed by atoms with Crippen molar-refractivity contribution in [1.29, 1.82) is 0 Å². The van der Waals surface area contributed by atoms with Crippen molar-refractivity contribution in [2.75, 3.05) is 32.0 Å². The summed E-state index contributed by atoms with van der Waals surface area (Å²) in [6, 6.07) is 4.64. The summed E-state index contributed by atoms with van der Waals surface area (Å²) >= 11 is 6.09. The van der Waals surface area contributed by atoms with Crippen molar-refractivity contribution < 1.29 is 24.3 Å². The number of nitrogens with one attached hydrogen (secondary N) is 3. The first kappa shape index (κ1) is 23.5. The molecule has 0 aliphatic carbocycles. The Bertz CT molecular complexity index is 1250. The number of carbonyl (C=O) groups is 4. The van der Waals surface area contributed by atoms with Crippen LogP contribution < -0.4 is 10.6 Å². The van der Waals surface area contributed by atoms with Gasteiger partial charge in [-0.1, -0.05) is 11.6 Å². The smallest absolute Gasteiger partial charge is 0.327 e. The molecule has 2 aliphatic rings. The number of aryl methyl sites for hydroxylation is 1. The molecule has 1 saturated heterocycles. The number of β-amino-alcohol motifs (C(OH)–C–C–N with tert-alkyl or cyclic N) is 1. The summed E-state index contributed by atoms with van der Waals surface area (Å²) < 4.78 is 0. The Kier molecular flexibility index (Phi) is 6.20. The number of H-pyrrole nitrogens is 1. The van der Waals surface area contributed by atoms with Gasteiger partial charge in [0.1, 0.15) is 6.54 Å². The number of aliphatic hydroxyl groups excluding tert-OH is 1. The molecule has 1 fully saturated rings. The van der Waals surface area contributed by atoms with E-state index >= 15 is 0 Å². The number of aliphatic hydroxyl groups is 1. The first-order valence-corrected chi connectivity index (χ1v) is 11.0. The third-order valence-corrected chi connectivity index (χ3v) is 6.11. The second-order valence-electron chi connectivity index (χ2n) is 8.37. The number of hydrogen-bond acceptors (Lipinski definition) is 5. The van der Waals surface area contributed by atoms with E-state index in [9.17, 15) is 24.3 Å². The molecule has 0 bridgehead atoms. The van der Waals surface area contributed by atoms with Gasteiger partial charge in [-0.05, 0) is 43.7 Å². The van der Waals surface area contributed by atoms with Crippen LogP contribution in [0.2, 0.25) is 5.02 Å². The quantitative estimate of drug-likeness (QED) is 0.365. The minimum absolute atomic E-state index is 0.0351. The van der Waals surface area contributed by atoms with E-state index in [1.807, 2.05) is 0 Å². The molecular formula is C23H24ClN5O5. The predicted molar refractivity (Wildman–Crippen MR) is 126 cm³/mol. The fourth-order valence-electron chi connectivity index (χ4n) is 4.13. The Morgan fingerprint density at radius 3 is 2.71 bits per heavy atom. The van der Waals surface area contributed by atoms with Gasteiger partial charge in [-0.25, -0.2) is 4.79 Å². The van der Waals surface area contributed by atoms with Gasteiger partial charge in [0, 0.05) is 41.3 Å². The topological polar surface area (TPSA) is 135 Å². The Labute approximate surface area is 200 Å². The second kappa shape index (κ2) is 8.96. The van der Waals surface area contributed by atoms with E-state index in [0.717, 1.165) is 4.90 Å². The van der Waals surface area contributed by atoms with Crippen LogP contribution >= 0.6 is 11.6 Å². The van der Waals surface area contributed by atoms with E-state index in [2.05, 4.69) is 15.6 Å². The van der Waals surface area contributed by atoms with Crippen LogP contribution in [-0.2, 0) is 9.59 Å². The Hall–Kier alpha value is -3.63. The van der Waals surface area contributed by atoms with Crippen LogP contribution in [0, 0.1) is 13.8 Å². The molecule has 10 nitrogen and oxygen atoms in total. The zero-order chi connectivity index (χ0) is 24.7. The van der Waals surface area contributed by atoms with Gasteiger partial charge in [-0.3, -0.25) is 19.3 Å². The van der Waals surface area contributed by atoms with Crippen molar-refractivity contribution >= 4 is 52.7 Å². The molecule has 0 spiro atoms. The summed E-state index contributed by atoms with van der Waals surface area (Å²) in [7, 11) is 1.50. The fourth-order valence-corrected chi connectivity index (χ4v) is 4.30. The van der Waals surface area contributed by atoms with Gasteiger partial charge >= 0.3 is 6.03 Å². The molecule has 0 radical (unpaired) electrons. The van der Waals surface area contributed by atoms with E-state index in [-0.39, 0.29) is 25.5 Å². The molecule has 1 atom stereocenters. The summed E-state index contributed by atoms with van der Waals surface area (Å²) in [6.45, 7) is 3.10. The number of benzene rings is 1. The van der Waals surface area contributed by atoms with E-state index in [0.29, 0.717) is 44.4 Å².